The van der Waals surface area contributed by atoms with E-state index in [9.17, 15) is 19.2 Å². The first-order valence-corrected chi connectivity index (χ1v) is 8.45. The normalized spacial score (nSPS) is 13.0. The molecule has 0 heterocycles. The van der Waals surface area contributed by atoms with Gasteiger partial charge in [-0.25, -0.2) is 9.59 Å². The van der Waals surface area contributed by atoms with Gasteiger partial charge in [0.05, 0.1) is 11.5 Å². The topological polar surface area (TPSA) is 144 Å². The highest BCUT2D eigenvalue weighted by Crippen LogP contribution is 2.16. The van der Waals surface area contributed by atoms with Crippen molar-refractivity contribution in [3.63, 3.8) is 0 Å². The number of alkyl carbamates (subject to hydrolysis) is 1. The first-order chi connectivity index (χ1) is 12.4. The molecule has 1 N–H and O–H groups in total. The van der Waals surface area contributed by atoms with Gasteiger partial charge in [0.15, 0.2) is 0 Å². The Bertz CT molecular complexity index is 604. The van der Waals surface area contributed by atoms with Crippen LogP contribution in [-0.2, 0) is 28.6 Å². The van der Waals surface area contributed by atoms with Crippen LogP contribution in [0.1, 0.15) is 54.4 Å². The van der Waals surface area contributed by atoms with Crippen LogP contribution in [-0.4, -0.2) is 53.3 Å². The van der Waals surface area contributed by atoms with Crippen LogP contribution in [0.15, 0.2) is 0 Å². The summed E-state index contributed by atoms with van der Waals surface area (Å²) < 4.78 is 14.9. The van der Waals surface area contributed by atoms with E-state index in [1.54, 1.807) is 34.6 Å². The minimum atomic E-state index is -1.18. The largest absolute Gasteiger partial charge is 0.461 e. The number of Topliss-reactive ketones (excluding diaryl/α,β-unsaturated/α-hetero) is 1. The van der Waals surface area contributed by atoms with Crippen molar-refractivity contribution in [2.75, 3.05) is 0 Å². The van der Waals surface area contributed by atoms with Gasteiger partial charge in [-0.1, -0.05) is 0 Å². The smallest absolute Gasteiger partial charge is 0.410 e. The minimum Gasteiger partial charge on any atom is -0.461 e. The molecule has 2 atom stereocenters. The number of nitrogens with zero attached hydrogens (tertiary/aromatic N) is 2. The molecule has 2 unspecified atom stereocenters. The van der Waals surface area contributed by atoms with Crippen molar-refractivity contribution >= 4 is 30.0 Å². The van der Waals surface area contributed by atoms with Crippen molar-refractivity contribution in [3.8, 4) is 0 Å². The Morgan fingerprint density at radius 2 is 1.67 bits per heavy atom. The number of hydrogen-bond donors (Lipinski definition) is 1. The molecule has 0 aliphatic carbocycles. The van der Waals surface area contributed by atoms with Crippen LogP contribution in [0.3, 0.4) is 0 Å². The van der Waals surface area contributed by atoms with Gasteiger partial charge in [0.1, 0.15) is 6.04 Å². The molecule has 10 nitrogen and oxygen atoms in total. The summed E-state index contributed by atoms with van der Waals surface area (Å²) in [7, 11) is 0. The number of rotatable bonds is 9. The monoisotopic (exact) mass is 385 g/mol. The Morgan fingerprint density at radius 1 is 1.07 bits per heavy atom. The predicted molar refractivity (Wildman–Crippen MR) is 93.6 cm³/mol. The minimum absolute atomic E-state index is 0.0956. The van der Waals surface area contributed by atoms with Crippen LogP contribution in [0, 0.1) is 5.41 Å². The highest BCUT2D eigenvalue weighted by molar-refractivity contribution is 6.25. The molecule has 152 valence electrons. The molecule has 27 heavy (non-hydrogen) atoms. The second-order valence-corrected chi connectivity index (χ2v) is 7.06. The zero-order chi connectivity index (χ0) is 21.2. The summed E-state index contributed by atoms with van der Waals surface area (Å²) in [6.45, 7) is 9.55. The molecule has 0 aromatic carbocycles. The van der Waals surface area contributed by atoms with Gasteiger partial charge in [-0.05, 0) is 41.0 Å². The number of esters is 2. The van der Waals surface area contributed by atoms with Crippen molar-refractivity contribution < 1.29 is 38.2 Å². The maximum absolute atomic E-state index is 12.1. The molecule has 0 spiro atoms. The van der Waals surface area contributed by atoms with Gasteiger partial charge in [-0.2, -0.15) is 4.79 Å². The Labute approximate surface area is 158 Å². The molecule has 0 radical (unpaired) electrons. The van der Waals surface area contributed by atoms with E-state index in [1.807, 2.05) is 0 Å². The summed E-state index contributed by atoms with van der Waals surface area (Å²) in [6.07, 6.45) is -2.20. The molecule has 0 saturated carbocycles. The number of amides is 1. The summed E-state index contributed by atoms with van der Waals surface area (Å²) in [6, 6.07) is -1.17. The third-order valence-electron chi connectivity index (χ3n) is 2.97. The second-order valence-electron chi connectivity index (χ2n) is 7.06. The fraction of sp³-hybridized carbons (Fsp3) is 0.706. The lowest BCUT2D eigenvalue weighted by Gasteiger charge is -2.22. The summed E-state index contributed by atoms with van der Waals surface area (Å²) in [5, 5.41) is 2.28. The molecular weight excluding hydrogens is 358 g/mol. The molecular formula is C17H27N3O7. The van der Waals surface area contributed by atoms with E-state index < -0.39 is 47.7 Å². The zero-order valence-corrected chi connectivity index (χ0v) is 16.5. The van der Waals surface area contributed by atoms with Crippen LogP contribution in [0.4, 0.5) is 4.79 Å². The van der Waals surface area contributed by atoms with Gasteiger partial charge in [0, 0.05) is 13.3 Å². The van der Waals surface area contributed by atoms with E-state index in [2.05, 4.69) is 10.1 Å². The van der Waals surface area contributed by atoms with Crippen LogP contribution < -0.4 is 5.32 Å². The number of ether oxygens (including phenoxy) is 3. The third kappa shape index (κ3) is 10.8. The van der Waals surface area contributed by atoms with Gasteiger partial charge in [-0.3, -0.25) is 9.59 Å². The lowest BCUT2D eigenvalue weighted by Crippen LogP contribution is -2.44. The molecule has 0 aromatic rings. The van der Waals surface area contributed by atoms with Gasteiger partial charge < -0.3 is 25.1 Å². The fourth-order valence-electron chi connectivity index (χ4n) is 1.66. The van der Waals surface area contributed by atoms with Crippen LogP contribution in [0.25, 0.3) is 5.53 Å². The molecule has 0 aliphatic rings. The zero-order valence-electron chi connectivity index (χ0n) is 16.5. The van der Waals surface area contributed by atoms with Gasteiger partial charge in [0.2, 0.25) is 12.1 Å². The first-order valence-electron chi connectivity index (χ1n) is 8.45. The number of carbonyl (C=O) groups is 4. The van der Waals surface area contributed by atoms with E-state index in [4.69, 9.17) is 19.7 Å². The average Bonchev–Trinajstić information content (AvgIpc) is 2.49. The molecule has 0 bridgehead atoms. The van der Waals surface area contributed by atoms with Crippen LogP contribution >= 0.6 is 0 Å². The molecule has 0 aromatic heterocycles. The lowest BCUT2D eigenvalue weighted by atomic mass is 9.97. The van der Waals surface area contributed by atoms with Crippen LogP contribution in [0.5, 0.6) is 0 Å². The van der Waals surface area contributed by atoms with E-state index in [1.165, 1.54) is 6.92 Å². The lowest BCUT2D eigenvalue weighted by molar-refractivity contribution is -0.174. The average molecular weight is 385 g/mol. The van der Waals surface area contributed by atoms with Crippen LogP contribution in [0.2, 0.25) is 0 Å². The Morgan fingerprint density at radius 3 is 2.15 bits per heavy atom. The summed E-state index contributed by atoms with van der Waals surface area (Å²) in [5.74, 6) is -1.86. The van der Waals surface area contributed by atoms with Crippen molar-refractivity contribution in [3.05, 3.63) is 5.53 Å². The number of ketones is 1. The van der Waals surface area contributed by atoms with E-state index in [-0.39, 0.29) is 12.8 Å². The fourth-order valence-corrected chi connectivity index (χ4v) is 1.66. The molecule has 0 aliphatic heterocycles. The molecule has 0 rings (SSSR count). The number of carbonyl (C=O) groups excluding carboxylic acids is 4. The van der Waals surface area contributed by atoms with Crippen molar-refractivity contribution in [2.45, 2.75) is 72.8 Å². The molecule has 0 saturated heterocycles. The number of nitrogens with one attached hydrogen (secondary N) is 1. The van der Waals surface area contributed by atoms with Gasteiger partial charge in [0.25, 0.3) is 0 Å². The first kappa shape index (κ1) is 24.3. The van der Waals surface area contributed by atoms with Gasteiger partial charge in [-0.15, -0.1) is 0 Å². The quantitative estimate of drug-likeness (QED) is 0.209. The molecule has 10 heteroatoms. The predicted octanol–water partition coefficient (Wildman–Crippen LogP) is 1.62. The van der Waals surface area contributed by atoms with E-state index in [0.717, 1.165) is 0 Å². The van der Waals surface area contributed by atoms with Crippen molar-refractivity contribution in [1.29, 1.82) is 0 Å². The Balaban J connectivity index is 4.85. The maximum Gasteiger partial charge on any atom is 0.410 e. The third-order valence-corrected chi connectivity index (χ3v) is 2.97. The molecule has 1 amide bonds. The van der Waals surface area contributed by atoms with E-state index in [0.29, 0.717) is 6.21 Å². The maximum atomic E-state index is 12.1. The second kappa shape index (κ2) is 11.1. The SMILES string of the molecule is CC(C)OC(=O)C(CCC(=O)C=[N+]=[N-])NC(=O)OC(C)OC(=O)C(C)(C)C. The summed E-state index contributed by atoms with van der Waals surface area (Å²) in [4.78, 5) is 49.8. The van der Waals surface area contributed by atoms with Crippen molar-refractivity contribution in [1.82, 2.24) is 5.32 Å². The van der Waals surface area contributed by atoms with E-state index >= 15 is 0 Å². The summed E-state index contributed by atoms with van der Waals surface area (Å²) >= 11 is 0. The summed E-state index contributed by atoms with van der Waals surface area (Å²) in [5.41, 5.74) is 7.56. The van der Waals surface area contributed by atoms with Gasteiger partial charge >= 0.3 is 24.2 Å². The molecule has 0 fully saturated rings. The standard InChI is InChI=1S/C17H27N3O7/c1-10(2)25-14(22)13(8-7-12(21)9-19-18)20-16(24)27-11(3)26-15(23)17(4,5)6/h9-11,13H,7-8H2,1-6H3,(H,20,24). The van der Waals surface area contributed by atoms with Crippen molar-refractivity contribution in [2.24, 2.45) is 5.41 Å². The Hall–Kier alpha value is -2.74. The Kier molecular flexibility index (Phi) is 9.95. The highest BCUT2D eigenvalue weighted by atomic mass is 16.7. The highest BCUT2D eigenvalue weighted by Gasteiger charge is 2.28. The number of hydrogen-bond acceptors (Lipinski definition) is 7.